The first-order valence-corrected chi connectivity index (χ1v) is 8.08. The van der Waals surface area contributed by atoms with Gasteiger partial charge in [-0.05, 0) is 17.7 Å². The molecule has 1 heterocycles. The molecule has 0 saturated carbocycles. The molecule has 7 nitrogen and oxygen atoms in total. The monoisotopic (exact) mass is 349 g/mol. The number of quaternary nitrogens is 1. The number of aliphatic imine (C=N–C) groups is 1. The number of halogens is 1. The molecule has 1 fully saturated rings. The first-order valence-electron chi connectivity index (χ1n) is 8.08. The predicted molar refractivity (Wildman–Crippen MR) is 89.6 cm³/mol. The average Bonchev–Trinajstić information content (AvgIpc) is 2.55. The van der Waals surface area contributed by atoms with Crippen molar-refractivity contribution in [2.45, 2.75) is 13.0 Å². The lowest BCUT2D eigenvalue weighted by Crippen LogP contribution is -3.05. The van der Waals surface area contributed by atoms with Crippen molar-refractivity contribution in [2.75, 3.05) is 27.2 Å². The van der Waals surface area contributed by atoms with E-state index < -0.39 is 29.6 Å². The molecular formula is C17H22FN4O3+. The summed E-state index contributed by atoms with van der Waals surface area (Å²) in [5.41, 5.74) is 0.587. The second-order valence-electron chi connectivity index (χ2n) is 6.19. The molecule has 0 radical (unpaired) electrons. The Labute approximate surface area is 145 Å². The van der Waals surface area contributed by atoms with Crippen LogP contribution in [0.5, 0.6) is 0 Å². The van der Waals surface area contributed by atoms with Crippen LogP contribution in [0.25, 0.3) is 0 Å². The summed E-state index contributed by atoms with van der Waals surface area (Å²) in [6.07, 6.45) is 2.13. The number of amides is 4. The summed E-state index contributed by atoms with van der Waals surface area (Å²) in [6.45, 7) is 1.40. The van der Waals surface area contributed by atoms with E-state index in [1.54, 1.807) is 0 Å². The zero-order chi connectivity index (χ0) is 18.4. The fraction of sp³-hybridized carbons (Fsp3) is 0.412. The molecule has 25 heavy (non-hydrogen) atoms. The molecule has 4 amide bonds. The van der Waals surface area contributed by atoms with Crippen LogP contribution in [-0.4, -0.2) is 56.1 Å². The summed E-state index contributed by atoms with van der Waals surface area (Å²) in [5, 5.41) is 2.16. The zero-order valence-corrected chi connectivity index (χ0v) is 14.3. The number of barbiturate groups is 1. The Hall–Kier alpha value is -2.61. The lowest BCUT2D eigenvalue weighted by molar-refractivity contribution is -0.858. The lowest BCUT2D eigenvalue weighted by atomic mass is 10.1. The number of hydrogen-bond acceptors (Lipinski definition) is 4. The molecular weight excluding hydrogens is 327 g/mol. The van der Waals surface area contributed by atoms with Crippen LogP contribution in [0, 0.1) is 11.7 Å². The van der Waals surface area contributed by atoms with E-state index in [1.807, 2.05) is 14.1 Å². The maximum atomic E-state index is 13.0. The van der Waals surface area contributed by atoms with Crippen LogP contribution in [0.1, 0.15) is 12.0 Å². The van der Waals surface area contributed by atoms with Gasteiger partial charge in [-0.1, -0.05) is 12.1 Å². The van der Waals surface area contributed by atoms with Crippen LogP contribution in [0.4, 0.5) is 9.18 Å². The van der Waals surface area contributed by atoms with E-state index in [4.69, 9.17) is 0 Å². The van der Waals surface area contributed by atoms with Gasteiger partial charge in [-0.25, -0.2) is 9.18 Å². The molecule has 1 unspecified atom stereocenters. The number of benzene rings is 1. The Bertz CT molecular complexity index is 673. The van der Waals surface area contributed by atoms with Crippen molar-refractivity contribution in [3.8, 4) is 0 Å². The number of urea groups is 1. The molecule has 0 aromatic heterocycles. The topological polar surface area (TPSA) is 83.3 Å². The number of imide groups is 2. The van der Waals surface area contributed by atoms with Gasteiger partial charge in [-0.3, -0.25) is 24.8 Å². The maximum absolute atomic E-state index is 13.0. The zero-order valence-electron chi connectivity index (χ0n) is 14.3. The average molecular weight is 349 g/mol. The molecule has 8 heteroatoms. The van der Waals surface area contributed by atoms with Crippen molar-refractivity contribution >= 4 is 24.1 Å². The Morgan fingerprint density at radius 1 is 1.24 bits per heavy atom. The molecule has 1 aromatic rings. The third-order valence-corrected chi connectivity index (χ3v) is 3.76. The molecule has 1 atom stereocenters. The summed E-state index contributed by atoms with van der Waals surface area (Å²) in [6, 6.07) is 4.69. The van der Waals surface area contributed by atoms with Crippen LogP contribution in [-0.2, 0) is 16.1 Å². The third kappa shape index (κ3) is 5.18. The normalized spacial score (nSPS) is 18.3. The van der Waals surface area contributed by atoms with E-state index in [1.165, 1.54) is 35.4 Å². The quantitative estimate of drug-likeness (QED) is 0.400. The Morgan fingerprint density at radius 2 is 1.92 bits per heavy atom. The van der Waals surface area contributed by atoms with Crippen molar-refractivity contribution < 1.29 is 23.7 Å². The summed E-state index contributed by atoms with van der Waals surface area (Å²) in [4.78, 5) is 42.7. The van der Waals surface area contributed by atoms with E-state index in [-0.39, 0.29) is 6.54 Å². The van der Waals surface area contributed by atoms with Gasteiger partial charge in [0.2, 0.25) is 11.8 Å². The van der Waals surface area contributed by atoms with Crippen molar-refractivity contribution in [2.24, 2.45) is 10.9 Å². The highest BCUT2D eigenvalue weighted by Crippen LogP contribution is 2.14. The van der Waals surface area contributed by atoms with E-state index in [9.17, 15) is 18.8 Å². The van der Waals surface area contributed by atoms with Gasteiger partial charge in [0.15, 0.2) is 5.92 Å². The Morgan fingerprint density at radius 3 is 2.56 bits per heavy atom. The third-order valence-electron chi connectivity index (χ3n) is 3.76. The largest absolute Gasteiger partial charge is 0.340 e. The number of carbonyl (C=O) groups is 3. The van der Waals surface area contributed by atoms with Gasteiger partial charge >= 0.3 is 6.03 Å². The molecule has 0 bridgehead atoms. The molecule has 1 aromatic carbocycles. The number of hydrogen-bond donors (Lipinski definition) is 2. The SMILES string of the molecule is C[NH+](C)CCCN=CC1C(=O)NC(=O)N(Cc2ccc(F)cc2)C1=O. The Balaban J connectivity index is 2.02. The van der Waals surface area contributed by atoms with Gasteiger partial charge in [-0.15, -0.1) is 0 Å². The van der Waals surface area contributed by atoms with E-state index >= 15 is 0 Å². The summed E-state index contributed by atoms with van der Waals surface area (Å²) in [7, 11) is 4.06. The minimum atomic E-state index is -1.12. The first-order chi connectivity index (χ1) is 11.9. The van der Waals surface area contributed by atoms with Crippen molar-refractivity contribution in [1.82, 2.24) is 10.2 Å². The van der Waals surface area contributed by atoms with Crippen molar-refractivity contribution in [1.29, 1.82) is 0 Å². The number of nitrogens with one attached hydrogen (secondary N) is 2. The smallest absolute Gasteiger partial charge is 0.331 e. The van der Waals surface area contributed by atoms with Crippen LogP contribution < -0.4 is 10.2 Å². The van der Waals surface area contributed by atoms with Crippen LogP contribution >= 0.6 is 0 Å². The van der Waals surface area contributed by atoms with Crippen molar-refractivity contribution in [3.05, 3.63) is 35.6 Å². The van der Waals surface area contributed by atoms with E-state index in [2.05, 4.69) is 10.3 Å². The van der Waals surface area contributed by atoms with Crippen LogP contribution in [0.15, 0.2) is 29.3 Å². The molecule has 0 aliphatic carbocycles. The van der Waals surface area contributed by atoms with Gasteiger partial charge in [-0.2, -0.15) is 0 Å². The molecule has 134 valence electrons. The van der Waals surface area contributed by atoms with Crippen LogP contribution in [0.3, 0.4) is 0 Å². The maximum Gasteiger partial charge on any atom is 0.331 e. The lowest BCUT2D eigenvalue weighted by Gasteiger charge is -2.28. The summed E-state index contributed by atoms with van der Waals surface area (Å²) in [5.74, 6) is -2.82. The molecule has 1 aliphatic heterocycles. The number of nitrogens with zero attached hydrogens (tertiary/aromatic N) is 2. The number of carbonyl (C=O) groups excluding carboxylic acids is 3. The van der Waals surface area contributed by atoms with Gasteiger partial charge < -0.3 is 4.90 Å². The van der Waals surface area contributed by atoms with Gasteiger partial charge in [0.05, 0.1) is 27.2 Å². The van der Waals surface area contributed by atoms with Gasteiger partial charge in [0.1, 0.15) is 5.82 Å². The second-order valence-corrected chi connectivity index (χ2v) is 6.19. The van der Waals surface area contributed by atoms with Crippen LogP contribution in [0.2, 0.25) is 0 Å². The highest BCUT2D eigenvalue weighted by atomic mass is 19.1. The second kappa shape index (κ2) is 8.48. The molecule has 1 saturated heterocycles. The predicted octanol–water partition coefficient (Wildman–Crippen LogP) is -0.374. The van der Waals surface area contributed by atoms with E-state index in [0.29, 0.717) is 12.1 Å². The van der Waals surface area contributed by atoms with E-state index in [0.717, 1.165) is 17.9 Å². The van der Waals surface area contributed by atoms with Crippen molar-refractivity contribution in [3.63, 3.8) is 0 Å². The molecule has 0 spiro atoms. The van der Waals surface area contributed by atoms with Gasteiger partial charge in [0.25, 0.3) is 0 Å². The minimum absolute atomic E-state index is 0.0352. The minimum Gasteiger partial charge on any atom is -0.340 e. The summed E-state index contributed by atoms with van der Waals surface area (Å²) < 4.78 is 13.0. The fourth-order valence-corrected chi connectivity index (χ4v) is 2.39. The molecule has 2 rings (SSSR count). The highest BCUT2D eigenvalue weighted by Gasteiger charge is 2.39. The molecule has 2 N–H and O–H groups in total. The first kappa shape index (κ1) is 18.7. The molecule has 1 aliphatic rings. The highest BCUT2D eigenvalue weighted by molar-refractivity contribution is 6.23. The fourth-order valence-electron chi connectivity index (χ4n) is 2.39. The Kier molecular flexibility index (Phi) is 6.35. The van der Waals surface area contributed by atoms with Gasteiger partial charge in [0, 0.05) is 19.2 Å². The number of rotatable bonds is 7. The standard InChI is InChI=1S/C17H21FN4O3/c1-21(2)9-3-8-19-10-14-15(23)20-17(25)22(16(14)24)11-12-4-6-13(18)7-5-12/h4-7,10,14H,3,8-9,11H2,1-2H3,(H,20,23,25)/p+1. The summed E-state index contributed by atoms with van der Waals surface area (Å²) >= 11 is 0.